The van der Waals surface area contributed by atoms with Crippen molar-refractivity contribution in [3.8, 4) is 11.5 Å². The molecule has 0 aliphatic heterocycles. The van der Waals surface area contributed by atoms with Crippen LogP contribution in [0, 0.1) is 6.92 Å². The predicted octanol–water partition coefficient (Wildman–Crippen LogP) is 4.42. The lowest BCUT2D eigenvalue weighted by atomic mass is 10.0. The Labute approximate surface area is 205 Å². The monoisotopic (exact) mass is 480 g/mol. The molecule has 0 bridgehead atoms. The van der Waals surface area contributed by atoms with E-state index in [1.54, 1.807) is 37.3 Å². The van der Waals surface area contributed by atoms with Crippen molar-refractivity contribution in [1.29, 1.82) is 0 Å². The standard InChI is InChI=1S/C27H29ClN2O4/c1-19-14-23(12-13-24(19)28)34-18-26(31)30(17-21-10-7-11-22(15-21)33-3)25(27(32)29-2)16-20-8-5-4-6-9-20/h4-15,25H,16-18H2,1-3H3,(H,29,32)/t25-/m1/s1. The number of rotatable bonds is 10. The molecule has 34 heavy (non-hydrogen) atoms. The molecule has 0 unspecified atom stereocenters. The van der Waals surface area contributed by atoms with Gasteiger partial charge in [-0.3, -0.25) is 9.59 Å². The number of likely N-dealkylation sites (N-methyl/N-ethyl adjacent to an activating group) is 1. The summed E-state index contributed by atoms with van der Waals surface area (Å²) in [6, 6.07) is 21.6. The predicted molar refractivity (Wildman–Crippen MR) is 133 cm³/mol. The molecular weight excluding hydrogens is 452 g/mol. The van der Waals surface area contributed by atoms with Crippen LogP contribution in [0.1, 0.15) is 16.7 Å². The second-order valence-electron chi connectivity index (χ2n) is 7.89. The molecule has 0 saturated heterocycles. The van der Waals surface area contributed by atoms with Crippen molar-refractivity contribution >= 4 is 23.4 Å². The highest BCUT2D eigenvalue weighted by Gasteiger charge is 2.30. The second kappa shape index (κ2) is 12.1. The number of carbonyl (C=O) groups excluding carboxylic acids is 2. The Morgan fingerprint density at radius 2 is 1.71 bits per heavy atom. The highest BCUT2D eigenvalue weighted by Crippen LogP contribution is 2.22. The number of hydrogen-bond donors (Lipinski definition) is 1. The van der Waals surface area contributed by atoms with Crippen LogP contribution in [0.5, 0.6) is 11.5 Å². The van der Waals surface area contributed by atoms with Gasteiger partial charge in [-0.25, -0.2) is 0 Å². The first-order valence-corrected chi connectivity index (χ1v) is 11.4. The third-order valence-electron chi connectivity index (χ3n) is 5.50. The van der Waals surface area contributed by atoms with Crippen molar-refractivity contribution in [2.45, 2.75) is 25.9 Å². The molecular formula is C27H29ClN2O4. The average molecular weight is 481 g/mol. The minimum Gasteiger partial charge on any atom is -0.497 e. The Balaban J connectivity index is 1.88. The number of nitrogens with one attached hydrogen (secondary N) is 1. The summed E-state index contributed by atoms with van der Waals surface area (Å²) >= 11 is 6.09. The van der Waals surface area contributed by atoms with Gasteiger partial charge in [0.15, 0.2) is 6.61 Å². The van der Waals surface area contributed by atoms with E-state index >= 15 is 0 Å². The number of aryl methyl sites for hydroxylation is 1. The molecule has 0 heterocycles. The van der Waals surface area contributed by atoms with Gasteiger partial charge >= 0.3 is 0 Å². The van der Waals surface area contributed by atoms with Gasteiger partial charge in [-0.15, -0.1) is 0 Å². The van der Waals surface area contributed by atoms with Gasteiger partial charge in [-0.2, -0.15) is 0 Å². The van der Waals surface area contributed by atoms with E-state index in [-0.39, 0.29) is 25.0 Å². The molecule has 3 rings (SSSR count). The normalized spacial score (nSPS) is 11.4. The Morgan fingerprint density at radius 1 is 0.971 bits per heavy atom. The molecule has 0 aliphatic carbocycles. The summed E-state index contributed by atoms with van der Waals surface area (Å²) in [6.07, 6.45) is 0.371. The zero-order valence-electron chi connectivity index (χ0n) is 19.6. The van der Waals surface area contributed by atoms with Crippen molar-refractivity contribution in [1.82, 2.24) is 10.2 Å². The molecule has 0 spiro atoms. The van der Waals surface area contributed by atoms with E-state index in [0.29, 0.717) is 22.9 Å². The Kier molecular flexibility index (Phi) is 8.93. The highest BCUT2D eigenvalue weighted by molar-refractivity contribution is 6.31. The number of benzene rings is 3. The highest BCUT2D eigenvalue weighted by atomic mass is 35.5. The molecule has 0 radical (unpaired) electrons. The second-order valence-corrected chi connectivity index (χ2v) is 8.30. The van der Waals surface area contributed by atoms with Crippen LogP contribution in [0.15, 0.2) is 72.8 Å². The lowest BCUT2D eigenvalue weighted by molar-refractivity contribution is -0.142. The zero-order valence-corrected chi connectivity index (χ0v) is 20.3. The molecule has 7 heteroatoms. The van der Waals surface area contributed by atoms with Crippen LogP contribution in [-0.4, -0.2) is 43.5 Å². The molecule has 2 amide bonds. The first kappa shape index (κ1) is 25.1. The van der Waals surface area contributed by atoms with Crippen LogP contribution in [-0.2, 0) is 22.6 Å². The molecule has 0 aliphatic rings. The van der Waals surface area contributed by atoms with E-state index in [9.17, 15) is 9.59 Å². The van der Waals surface area contributed by atoms with Crippen LogP contribution in [0.3, 0.4) is 0 Å². The molecule has 0 saturated carbocycles. The summed E-state index contributed by atoms with van der Waals surface area (Å²) in [5, 5.41) is 3.33. The van der Waals surface area contributed by atoms with E-state index in [1.807, 2.05) is 61.5 Å². The quantitative estimate of drug-likeness (QED) is 0.466. The number of ether oxygens (including phenoxy) is 2. The maximum atomic E-state index is 13.4. The van der Waals surface area contributed by atoms with Gasteiger partial charge in [0.05, 0.1) is 7.11 Å². The van der Waals surface area contributed by atoms with Gasteiger partial charge in [-0.1, -0.05) is 54.1 Å². The van der Waals surface area contributed by atoms with Crippen LogP contribution in [0.25, 0.3) is 0 Å². The number of hydrogen-bond acceptors (Lipinski definition) is 4. The van der Waals surface area contributed by atoms with Crippen molar-refractivity contribution < 1.29 is 19.1 Å². The lowest BCUT2D eigenvalue weighted by Crippen LogP contribution is -2.51. The van der Waals surface area contributed by atoms with E-state index in [4.69, 9.17) is 21.1 Å². The molecule has 6 nitrogen and oxygen atoms in total. The van der Waals surface area contributed by atoms with Gasteiger partial charge in [-0.05, 0) is 53.9 Å². The molecule has 3 aromatic carbocycles. The minimum absolute atomic E-state index is 0.215. The van der Waals surface area contributed by atoms with Gasteiger partial charge in [0.1, 0.15) is 17.5 Å². The van der Waals surface area contributed by atoms with E-state index in [0.717, 1.165) is 16.7 Å². The SMILES string of the molecule is CNC(=O)[C@@H](Cc1ccccc1)N(Cc1cccc(OC)c1)C(=O)COc1ccc(Cl)c(C)c1. The Hall–Kier alpha value is -3.51. The van der Waals surface area contributed by atoms with E-state index in [2.05, 4.69) is 5.32 Å². The summed E-state index contributed by atoms with van der Waals surface area (Å²) in [5.74, 6) is 0.663. The third kappa shape index (κ3) is 6.75. The summed E-state index contributed by atoms with van der Waals surface area (Å²) in [6.45, 7) is 1.88. The summed E-state index contributed by atoms with van der Waals surface area (Å²) in [5.41, 5.74) is 2.65. The Morgan fingerprint density at radius 3 is 2.38 bits per heavy atom. The maximum Gasteiger partial charge on any atom is 0.261 e. The molecule has 1 N–H and O–H groups in total. The summed E-state index contributed by atoms with van der Waals surface area (Å²) in [4.78, 5) is 27.9. The Bertz CT molecular complexity index is 1120. The first-order valence-electron chi connectivity index (χ1n) is 11.0. The topological polar surface area (TPSA) is 67.9 Å². The first-order chi connectivity index (χ1) is 16.4. The maximum absolute atomic E-state index is 13.4. The van der Waals surface area contributed by atoms with Crippen LogP contribution >= 0.6 is 11.6 Å². The molecule has 0 aromatic heterocycles. The number of halogens is 1. The fraction of sp³-hybridized carbons (Fsp3) is 0.259. The van der Waals surface area contributed by atoms with Crippen LogP contribution < -0.4 is 14.8 Å². The fourth-order valence-corrected chi connectivity index (χ4v) is 3.74. The van der Waals surface area contributed by atoms with Crippen molar-refractivity contribution in [3.05, 3.63) is 94.5 Å². The number of nitrogens with zero attached hydrogens (tertiary/aromatic N) is 1. The smallest absolute Gasteiger partial charge is 0.261 e. The van der Waals surface area contributed by atoms with Gasteiger partial charge in [0, 0.05) is 25.0 Å². The van der Waals surface area contributed by atoms with Gasteiger partial charge < -0.3 is 19.7 Å². The molecule has 1 atom stereocenters. The van der Waals surface area contributed by atoms with Crippen LogP contribution in [0.2, 0.25) is 5.02 Å². The molecule has 178 valence electrons. The van der Waals surface area contributed by atoms with E-state index in [1.165, 1.54) is 0 Å². The van der Waals surface area contributed by atoms with Crippen molar-refractivity contribution in [2.24, 2.45) is 0 Å². The number of carbonyl (C=O) groups is 2. The minimum atomic E-state index is -0.721. The van der Waals surface area contributed by atoms with E-state index < -0.39 is 6.04 Å². The number of amides is 2. The third-order valence-corrected chi connectivity index (χ3v) is 5.92. The van der Waals surface area contributed by atoms with Gasteiger partial charge in [0.2, 0.25) is 5.91 Å². The summed E-state index contributed by atoms with van der Waals surface area (Å²) < 4.78 is 11.1. The average Bonchev–Trinajstić information content (AvgIpc) is 2.86. The van der Waals surface area contributed by atoms with Crippen molar-refractivity contribution in [3.63, 3.8) is 0 Å². The number of methoxy groups -OCH3 is 1. The zero-order chi connectivity index (χ0) is 24.5. The van der Waals surface area contributed by atoms with Crippen LogP contribution in [0.4, 0.5) is 0 Å². The lowest BCUT2D eigenvalue weighted by Gasteiger charge is -2.31. The van der Waals surface area contributed by atoms with Gasteiger partial charge in [0.25, 0.3) is 5.91 Å². The summed E-state index contributed by atoms with van der Waals surface area (Å²) in [7, 11) is 3.16. The molecule has 0 fully saturated rings. The largest absolute Gasteiger partial charge is 0.497 e. The van der Waals surface area contributed by atoms with Crippen molar-refractivity contribution in [2.75, 3.05) is 20.8 Å². The fourth-order valence-electron chi connectivity index (χ4n) is 3.62. The molecule has 3 aromatic rings.